The molecule has 3 heteroatoms. The van der Waals surface area contributed by atoms with Crippen molar-refractivity contribution in [1.82, 2.24) is 10.2 Å². The maximum Gasteiger partial charge on any atom is 0.00123 e. The summed E-state index contributed by atoms with van der Waals surface area (Å²) >= 11 is 0. The van der Waals surface area contributed by atoms with E-state index in [0.717, 1.165) is 11.8 Å². The van der Waals surface area contributed by atoms with Crippen LogP contribution in [0.2, 0.25) is 0 Å². The number of halogens is 1. The number of piperidine rings is 1. The Hall–Kier alpha value is 0.210. The Kier molecular flexibility index (Phi) is 3.82. The molecule has 2 unspecified atom stereocenters. The van der Waals surface area contributed by atoms with Crippen LogP contribution in [0, 0.1) is 17.3 Å². The van der Waals surface area contributed by atoms with Crippen molar-refractivity contribution in [3.63, 3.8) is 0 Å². The van der Waals surface area contributed by atoms with E-state index in [4.69, 9.17) is 0 Å². The van der Waals surface area contributed by atoms with Crippen LogP contribution in [-0.4, -0.2) is 37.6 Å². The molecule has 0 aromatic rings. The molecule has 0 bridgehead atoms. The highest BCUT2D eigenvalue weighted by molar-refractivity contribution is 5.85. The van der Waals surface area contributed by atoms with Gasteiger partial charge in [-0.1, -0.05) is 6.92 Å². The predicted octanol–water partition coefficient (Wildman–Crippen LogP) is 2.14. The zero-order valence-electron chi connectivity index (χ0n) is 10.4. The molecule has 94 valence electrons. The van der Waals surface area contributed by atoms with Gasteiger partial charge in [0, 0.05) is 13.1 Å². The van der Waals surface area contributed by atoms with Crippen LogP contribution in [0.25, 0.3) is 0 Å². The molecule has 2 nitrogen and oxygen atoms in total. The van der Waals surface area contributed by atoms with Crippen LogP contribution in [0.3, 0.4) is 0 Å². The third-order valence-corrected chi connectivity index (χ3v) is 5.02. The molecular formula is C13H25ClN2. The average molecular weight is 245 g/mol. The maximum atomic E-state index is 3.54. The summed E-state index contributed by atoms with van der Waals surface area (Å²) in [5.41, 5.74) is 0.700. The molecular weight excluding hydrogens is 220 g/mol. The molecule has 3 aliphatic rings. The molecule has 0 aromatic heterocycles. The number of hydrogen-bond acceptors (Lipinski definition) is 2. The first-order chi connectivity index (χ1) is 7.27. The van der Waals surface area contributed by atoms with Crippen molar-refractivity contribution in [2.75, 3.05) is 32.7 Å². The normalized spacial score (nSPS) is 37.3. The van der Waals surface area contributed by atoms with Crippen molar-refractivity contribution in [2.45, 2.75) is 32.6 Å². The zero-order chi connectivity index (χ0) is 10.3. The van der Waals surface area contributed by atoms with E-state index in [1.54, 1.807) is 0 Å². The topological polar surface area (TPSA) is 15.3 Å². The van der Waals surface area contributed by atoms with Crippen LogP contribution >= 0.6 is 12.4 Å². The molecule has 3 fully saturated rings. The smallest absolute Gasteiger partial charge is 0.00123 e. The lowest BCUT2D eigenvalue weighted by Gasteiger charge is -2.39. The molecule has 3 rings (SSSR count). The fourth-order valence-corrected chi connectivity index (χ4v) is 3.42. The van der Waals surface area contributed by atoms with Crippen LogP contribution in [0.1, 0.15) is 32.6 Å². The highest BCUT2D eigenvalue weighted by atomic mass is 35.5. The molecule has 1 N–H and O–H groups in total. The lowest BCUT2D eigenvalue weighted by molar-refractivity contribution is 0.114. The van der Waals surface area contributed by atoms with Crippen LogP contribution in [0.4, 0.5) is 0 Å². The largest absolute Gasteiger partial charge is 0.316 e. The highest BCUT2D eigenvalue weighted by Gasteiger charge is 2.39. The second-order valence-electron chi connectivity index (χ2n) is 6.20. The molecule has 2 heterocycles. The van der Waals surface area contributed by atoms with Crippen LogP contribution < -0.4 is 5.32 Å². The average Bonchev–Trinajstić information content (AvgIpc) is 2.77. The first kappa shape index (κ1) is 12.7. The van der Waals surface area contributed by atoms with Gasteiger partial charge < -0.3 is 10.2 Å². The van der Waals surface area contributed by atoms with Gasteiger partial charge >= 0.3 is 0 Å². The molecule has 2 atom stereocenters. The molecule has 0 radical (unpaired) electrons. The van der Waals surface area contributed by atoms with Crippen molar-refractivity contribution >= 4 is 12.4 Å². The SMILES string of the molecule is CC1CC1CN1CCC2(CCNC2)CC1.Cl. The number of likely N-dealkylation sites (tertiary alicyclic amines) is 1. The predicted molar refractivity (Wildman–Crippen MR) is 70.1 cm³/mol. The van der Waals surface area contributed by atoms with Gasteiger partial charge in [0.2, 0.25) is 0 Å². The van der Waals surface area contributed by atoms with Crippen molar-refractivity contribution in [2.24, 2.45) is 17.3 Å². The van der Waals surface area contributed by atoms with Gasteiger partial charge in [-0.05, 0) is 62.6 Å². The summed E-state index contributed by atoms with van der Waals surface area (Å²) in [6.07, 6.45) is 5.81. The third kappa shape index (κ3) is 2.55. The van der Waals surface area contributed by atoms with Gasteiger partial charge in [-0.2, -0.15) is 0 Å². The van der Waals surface area contributed by atoms with Crippen LogP contribution in [0.15, 0.2) is 0 Å². The standard InChI is InChI=1S/C13H24N2.ClH/c1-11-8-12(11)9-15-6-3-13(4-7-15)2-5-14-10-13;/h11-12,14H,2-10H2,1H3;1H. The summed E-state index contributed by atoms with van der Waals surface area (Å²) in [5.74, 6) is 2.06. The molecule has 2 saturated heterocycles. The fourth-order valence-electron chi connectivity index (χ4n) is 3.42. The summed E-state index contributed by atoms with van der Waals surface area (Å²) in [6.45, 7) is 9.08. The maximum absolute atomic E-state index is 3.54. The summed E-state index contributed by atoms with van der Waals surface area (Å²) in [4.78, 5) is 2.72. The minimum atomic E-state index is 0. The molecule has 0 amide bonds. The summed E-state index contributed by atoms with van der Waals surface area (Å²) < 4.78 is 0. The van der Waals surface area contributed by atoms with Crippen LogP contribution in [0.5, 0.6) is 0 Å². The van der Waals surface area contributed by atoms with Crippen LogP contribution in [-0.2, 0) is 0 Å². The Morgan fingerprint density at radius 1 is 1.25 bits per heavy atom. The van der Waals surface area contributed by atoms with Gasteiger partial charge in [0.1, 0.15) is 0 Å². The lowest BCUT2D eigenvalue weighted by atomic mass is 9.78. The second kappa shape index (κ2) is 4.83. The Balaban J connectivity index is 0.000000963. The Morgan fingerprint density at radius 3 is 2.44 bits per heavy atom. The first-order valence-corrected chi connectivity index (χ1v) is 6.71. The zero-order valence-corrected chi connectivity index (χ0v) is 11.2. The van der Waals surface area contributed by atoms with Gasteiger partial charge in [-0.25, -0.2) is 0 Å². The van der Waals surface area contributed by atoms with Crippen molar-refractivity contribution in [3.8, 4) is 0 Å². The summed E-state index contributed by atoms with van der Waals surface area (Å²) in [5, 5.41) is 3.54. The minimum Gasteiger partial charge on any atom is -0.316 e. The van der Waals surface area contributed by atoms with E-state index in [0.29, 0.717) is 5.41 Å². The van der Waals surface area contributed by atoms with Gasteiger partial charge in [0.25, 0.3) is 0 Å². The van der Waals surface area contributed by atoms with Gasteiger partial charge in [-0.15, -0.1) is 12.4 Å². The number of nitrogens with one attached hydrogen (secondary N) is 1. The number of rotatable bonds is 2. The monoisotopic (exact) mass is 244 g/mol. The lowest BCUT2D eigenvalue weighted by Crippen LogP contribution is -2.42. The van der Waals surface area contributed by atoms with E-state index in [9.17, 15) is 0 Å². The van der Waals surface area contributed by atoms with Gasteiger partial charge in [-0.3, -0.25) is 0 Å². The Morgan fingerprint density at radius 2 is 1.94 bits per heavy atom. The van der Waals surface area contributed by atoms with Gasteiger partial charge in [0.05, 0.1) is 0 Å². The van der Waals surface area contributed by atoms with E-state index < -0.39 is 0 Å². The molecule has 0 aromatic carbocycles. The van der Waals surface area contributed by atoms with Gasteiger partial charge in [0.15, 0.2) is 0 Å². The Bertz CT molecular complexity index is 228. The third-order valence-electron chi connectivity index (χ3n) is 5.02. The van der Waals surface area contributed by atoms with E-state index in [-0.39, 0.29) is 12.4 Å². The minimum absolute atomic E-state index is 0. The fraction of sp³-hybridized carbons (Fsp3) is 1.00. The summed E-state index contributed by atoms with van der Waals surface area (Å²) in [6, 6.07) is 0. The van der Waals surface area contributed by atoms with E-state index >= 15 is 0 Å². The van der Waals surface area contributed by atoms with E-state index in [1.807, 2.05) is 0 Å². The van der Waals surface area contributed by atoms with Crippen molar-refractivity contribution < 1.29 is 0 Å². The number of nitrogens with zero attached hydrogens (tertiary/aromatic N) is 1. The molecule has 2 aliphatic heterocycles. The second-order valence-corrected chi connectivity index (χ2v) is 6.20. The Labute approximate surface area is 106 Å². The van der Waals surface area contributed by atoms with Crippen molar-refractivity contribution in [1.29, 1.82) is 0 Å². The van der Waals surface area contributed by atoms with Crippen molar-refractivity contribution in [3.05, 3.63) is 0 Å². The van der Waals surface area contributed by atoms with E-state index in [2.05, 4.69) is 17.1 Å². The molecule has 16 heavy (non-hydrogen) atoms. The van der Waals surface area contributed by atoms with E-state index in [1.165, 1.54) is 58.4 Å². The quantitative estimate of drug-likeness (QED) is 0.801. The highest BCUT2D eigenvalue weighted by Crippen LogP contribution is 2.41. The molecule has 1 saturated carbocycles. The molecule has 1 spiro atoms. The summed E-state index contributed by atoms with van der Waals surface area (Å²) in [7, 11) is 0. The first-order valence-electron chi connectivity index (χ1n) is 6.71. The number of hydrogen-bond donors (Lipinski definition) is 1. The molecule has 1 aliphatic carbocycles.